The summed E-state index contributed by atoms with van der Waals surface area (Å²) in [4.78, 5) is 10.6. The number of carbonyl (C=O) groups is 1. The molecule has 0 radical (unpaired) electrons. The van der Waals surface area contributed by atoms with Crippen molar-refractivity contribution in [3.63, 3.8) is 0 Å². The standard InChI is InChI=1S/C13H17FN2O5S2/c1-15-13(17)10-5-7-16(8-6-10)23(20,21)12-4-2-3-11(9-12)22(14,18)19/h2-4,9-10H,5-8H2,1H3,(H,15,17). The van der Waals surface area contributed by atoms with Gasteiger partial charge in [-0.25, -0.2) is 8.42 Å². The highest BCUT2D eigenvalue weighted by molar-refractivity contribution is 7.89. The van der Waals surface area contributed by atoms with E-state index >= 15 is 0 Å². The first kappa shape index (κ1) is 17.8. The molecule has 0 bridgehead atoms. The number of nitrogens with zero attached hydrogens (tertiary/aromatic N) is 1. The van der Waals surface area contributed by atoms with Crippen LogP contribution in [0.4, 0.5) is 3.89 Å². The Labute approximate surface area is 134 Å². The van der Waals surface area contributed by atoms with Crippen LogP contribution in [-0.4, -0.2) is 47.2 Å². The molecule has 1 saturated heterocycles. The third-order valence-corrected chi connectivity index (χ3v) is 6.51. The molecule has 23 heavy (non-hydrogen) atoms. The molecule has 0 unspecified atom stereocenters. The van der Waals surface area contributed by atoms with Crippen LogP contribution in [-0.2, 0) is 25.0 Å². The Kier molecular flexibility index (Phi) is 5.07. The number of hydrogen-bond acceptors (Lipinski definition) is 5. The lowest BCUT2D eigenvalue weighted by molar-refractivity contribution is -0.125. The normalized spacial score (nSPS) is 17.8. The Hall–Kier alpha value is -1.52. The van der Waals surface area contributed by atoms with Gasteiger partial charge < -0.3 is 5.32 Å². The first-order chi connectivity index (χ1) is 10.7. The Morgan fingerprint density at radius 1 is 1.17 bits per heavy atom. The third-order valence-electron chi connectivity index (χ3n) is 3.80. The number of rotatable bonds is 4. The van der Waals surface area contributed by atoms with Crippen LogP contribution in [0, 0.1) is 5.92 Å². The van der Waals surface area contributed by atoms with Crippen LogP contribution in [0.5, 0.6) is 0 Å². The van der Waals surface area contributed by atoms with Crippen LogP contribution in [0.2, 0.25) is 0 Å². The van der Waals surface area contributed by atoms with E-state index in [1.165, 1.54) is 23.5 Å². The highest BCUT2D eigenvalue weighted by Gasteiger charge is 2.32. The summed E-state index contributed by atoms with van der Waals surface area (Å²) in [5.41, 5.74) is 0. The lowest BCUT2D eigenvalue weighted by atomic mass is 9.97. The maximum Gasteiger partial charge on any atom is 0.332 e. The maximum absolute atomic E-state index is 13.0. The van der Waals surface area contributed by atoms with Crippen molar-refractivity contribution in [2.24, 2.45) is 5.92 Å². The van der Waals surface area contributed by atoms with Gasteiger partial charge in [0.1, 0.15) is 0 Å². The fourth-order valence-electron chi connectivity index (χ4n) is 2.50. The van der Waals surface area contributed by atoms with E-state index in [4.69, 9.17) is 0 Å². The maximum atomic E-state index is 13.0. The second-order valence-electron chi connectivity index (χ2n) is 5.21. The molecule has 1 aliphatic rings. The largest absolute Gasteiger partial charge is 0.359 e. The average molecular weight is 364 g/mol. The fraction of sp³-hybridized carbons (Fsp3) is 0.462. The van der Waals surface area contributed by atoms with Crippen LogP contribution in [0.15, 0.2) is 34.1 Å². The lowest BCUT2D eigenvalue weighted by Gasteiger charge is -2.30. The first-order valence-corrected chi connectivity index (χ1v) is 9.75. The Morgan fingerprint density at radius 2 is 1.74 bits per heavy atom. The molecule has 1 N–H and O–H groups in total. The number of sulfonamides is 1. The number of halogens is 1. The summed E-state index contributed by atoms with van der Waals surface area (Å²) in [5, 5.41) is 2.53. The number of hydrogen-bond donors (Lipinski definition) is 1. The van der Waals surface area contributed by atoms with Gasteiger partial charge in [-0.05, 0) is 31.0 Å². The van der Waals surface area contributed by atoms with Crippen molar-refractivity contribution in [3.05, 3.63) is 24.3 Å². The molecule has 1 aromatic carbocycles. The highest BCUT2D eigenvalue weighted by atomic mass is 32.3. The van der Waals surface area contributed by atoms with Gasteiger partial charge in [0, 0.05) is 26.1 Å². The van der Waals surface area contributed by atoms with Crippen molar-refractivity contribution in [2.75, 3.05) is 20.1 Å². The molecule has 7 nitrogen and oxygen atoms in total. The lowest BCUT2D eigenvalue weighted by Crippen LogP contribution is -2.42. The molecule has 0 saturated carbocycles. The molecule has 0 aromatic heterocycles. The molecule has 2 rings (SSSR count). The van der Waals surface area contributed by atoms with Crippen molar-refractivity contribution in [1.29, 1.82) is 0 Å². The topological polar surface area (TPSA) is 101 Å². The monoisotopic (exact) mass is 364 g/mol. The quantitative estimate of drug-likeness (QED) is 0.784. The minimum Gasteiger partial charge on any atom is -0.359 e. The van der Waals surface area contributed by atoms with Gasteiger partial charge >= 0.3 is 10.2 Å². The smallest absolute Gasteiger partial charge is 0.332 e. The zero-order valence-electron chi connectivity index (χ0n) is 12.4. The van der Waals surface area contributed by atoms with Gasteiger partial charge in [0.25, 0.3) is 0 Å². The van der Waals surface area contributed by atoms with Gasteiger partial charge in [-0.15, -0.1) is 3.89 Å². The van der Waals surface area contributed by atoms with Crippen LogP contribution in [0.3, 0.4) is 0 Å². The second-order valence-corrected chi connectivity index (χ2v) is 8.49. The van der Waals surface area contributed by atoms with Crippen LogP contribution in [0.1, 0.15) is 12.8 Å². The summed E-state index contributed by atoms with van der Waals surface area (Å²) in [6.07, 6.45) is 0.750. The minimum atomic E-state index is -4.98. The Morgan fingerprint density at radius 3 is 2.26 bits per heavy atom. The summed E-state index contributed by atoms with van der Waals surface area (Å²) in [7, 11) is -7.38. The van der Waals surface area contributed by atoms with E-state index in [0.29, 0.717) is 12.8 Å². The van der Waals surface area contributed by atoms with Gasteiger partial charge in [-0.3, -0.25) is 4.79 Å². The number of nitrogens with one attached hydrogen (secondary N) is 1. The van der Waals surface area contributed by atoms with Gasteiger partial charge in [0.15, 0.2) is 0 Å². The Balaban J connectivity index is 2.22. The molecule has 0 spiro atoms. The van der Waals surface area contributed by atoms with Gasteiger partial charge in [0.2, 0.25) is 15.9 Å². The predicted octanol–water partition coefficient (Wildman–Crippen LogP) is 0.492. The van der Waals surface area contributed by atoms with E-state index in [2.05, 4.69) is 5.32 Å². The van der Waals surface area contributed by atoms with E-state index in [0.717, 1.165) is 12.1 Å². The molecular weight excluding hydrogens is 347 g/mol. The summed E-state index contributed by atoms with van der Waals surface area (Å²) < 4.78 is 61.1. The number of benzene rings is 1. The van der Waals surface area contributed by atoms with E-state index < -0.39 is 25.1 Å². The summed E-state index contributed by atoms with van der Waals surface area (Å²) in [6.45, 7) is 0.292. The Bertz CT molecular complexity index is 799. The molecule has 1 aromatic rings. The molecule has 1 fully saturated rings. The van der Waals surface area contributed by atoms with E-state index in [9.17, 15) is 25.5 Å². The SMILES string of the molecule is CNC(=O)C1CCN(S(=O)(=O)c2cccc(S(=O)(=O)F)c2)CC1. The van der Waals surface area contributed by atoms with Crippen molar-refractivity contribution < 1.29 is 25.5 Å². The van der Waals surface area contributed by atoms with E-state index in [1.807, 2.05) is 0 Å². The zero-order chi connectivity index (χ0) is 17.3. The van der Waals surface area contributed by atoms with Crippen LogP contribution in [0.25, 0.3) is 0 Å². The molecule has 0 atom stereocenters. The first-order valence-electron chi connectivity index (χ1n) is 6.92. The van der Waals surface area contributed by atoms with Crippen molar-refractivity contribution in [3.8, 4) is 0 Å². The minimum absolute atomic E-state index is 0.132. The number of piperidine rings is 1. The fourth-order valence-corrected chi connectivity index (χ4v) is 4.60. The second kappa shape index (κ2) is 6.54. The molecule has 1 amide bonds. The van der Waals surface area contributed by atoms with E-state index in [-0.39, 0.29) is 29.8 Å². The van der Waals surface area contributed by atoms with Gasteiger partial charge in [0.05, 0.1) is 9.79 Å². The van der Waals surface area contributed by atoms with Gasteiger partial charge in [-0.1, -0.05) is 6.07 Å². The highest BCUT2D eigenvalue weighted by Crippen LogP contribution is 2.25. The van der Waals surface area contributed by atoms with Crippen LogP contribution < -0.4 is 5.32 Å². The van der Waals surface area contributed by atoms with Crippen LogP contribution >= 0.6 is 0 Å². The molecule has 128 valence electrons. The summed E-state index contributed by atoms with van der Waals surface area (Å²) >= 11 is 0. The molecule has 1 heterocycles. The van der Waals surface area contributed by atoms with Gasteiger partial charge in [-0.2, -0.15) is 12.7 Å². The number of carbonyl (C=O) groups excluding carboxylic acids is 1. The summed E-state index contributed by atoms with van der Waals surface area (Å²) in [5.74, 6) is -0.378. The van der Waals surface area contributed by atoms with Crippen molar-refractivity contribution in [1.82, 2.24) is 9.62 Å². The molecule has 0 aliphatic carbocycles. The third kappa shape index (κ3) is 3.88. The van der Waals surface area contributed by atoms with Crippen molar-refractivity contribution >= 4 is 26.2 Å². The van der Waals surface area contributed by atoms with Crippen molar-refractivity contribution in [2.45, 2.75) is 22.6 Å². The molecular formula is C13H17FN2O5S2. The molecule has 10 heteroatoms. The predicted molar refractivity (Wildman–Crippen MR) is 80.3 cm³/mol. The van der Waals surface area contributed by atoms with E-state index in [1.54, 1.807) is 0 Å². The zero-order valence-corrected chi connectivity index (χ0v) is 14.0. The average Bonchev–Trinajstić information content (AvgIpc) is 2.53. The molecule has 1 aliphatic heterocycles. The summed E-state index contributed by atoms with van der Waals surface area (Å²) in [6, 6.07) is 4.19. The number of amides is 1.